The van der Waals surface area contributed by atoms with Crippen LogP contribution in [0.25, 0.3) is 0 Å². The van der Waals surface area contributed by atoms with Crippen LogP contribution >= 0.6 is 11.8 Å². The molecule has 0 atom stereocenters. The Bertz CT molecular complexity index is 830. The van der Waals surface area contributed by atoms with Crippen molar-refractivity contribution in [2.24, 2.45) is 10.2 Å². The molecule has 2 rings (SSSR count). The third-order valence-electron chi connectivity index (χ3n) is 3.06. The van der Waals surface area contributed by atoms with E-state index in [0.717, 1.165) is 23.4 Å². The van der Waals surface area contributed by atoms with Crippen molar-refractivity contribution in [3.05, 3.63) is 40.8 Å². The molecule has 0 unspecified atom stereocenters. The SMILES string of the molecule is COC(=O)/C=C1/S/C(=N\N=Cc2ccc(OCC(=O)OC(C)C)cc2)NC1=O. The van der Waals surface area contributed by atoms with Gasteiger partial charge in [-0.05, 0) is 55.4 Å². The number of rotatable bonds is 7. The van der Waals surface area contributed by atoms with Gasteiger partial charge < -0.3 is 14.2 Å². The minimum atomic E-state index is -0.623. The van der Waals surface area contributed by atoms with Crippen molar-refractivity contribution in [1.82, 2.24) is 5.32 Å². The second kappa shape index (κ2) is 10.3. The van der Waals surface area contributed by atoms with E-state index < -0.39 is 17.8 Å². The molecule has 0 radical (unpaired) electrons. The summed E-state index contributed by atoms with van der Waals surface area (Å²) in [6.07, 6.45) is 2.38. The first-order chi connectivity index (χ1) is 13.4. The van der Waals surface area contributed by atoms with Crippen LogP contribution < -0.4 is 10.1 Å². The molecule has 1 aromatic rings. The van der Waals surface area contributed by atoms with E-state index in [1.807, 2.05) is 0 Å². The lowest BCUT2D eigenvalue weighted by Gasteiger charge is -2.09. The van der Waals surface area contributed by atoms with Crippen LogP contribution in [-0.2, 0) is 23.9 Å². The highest BCUT2D eigenvalue weighted by Crippen LogP contribution is 2.23. The number of carbonyl (C=O) groups is 3. The summed E-state index contributed by atoms with van der Waals surface area (Å²) in [5, 5.41) is 10.5. The smallest absolute Gasteiger partial charge is 0.344 e. The zero-order valence-electron chi connectivity index (χ0n) is 15.5. The fourth-order valence-electron chi connectivity index (χ4n) is 1.88. The van der Waals surface area contributed by atoms with Gasteiger partial charge in [0, 0.05) is 6.08 Å². The zero-order chi connectivity index (χ0) is 20.5. The Morgan fingerprint density at radius 1 is 1.25 bits per heavy atom. The van der Waals surface area contributed by atoms with Gasteiger partial charge in [0.05, 0.1) is 24.3 Å². The molecule has 28 heavy (non-hydrogen) atoms. The fraction of sp³-hybridized carbons (Fsp3) is 0.278. The predicted octanol–water partition coefficient (Wildman–Crippen LogP) is 1.63. The highest BCUT2D eigenvalue weighted by molar-refractivity contribution is 8.18. The van der Waals surface area contributed by atoms with Gasteiger partial charge in [0.25, 0.3) is 5.91 Å². The molecular weight excluding hydrogens is 386 g/mol. The van der Waals surface area contributed by atoms with Crippen molar-refractivity contribution in [3.8, 4) is 5.75 Å². The monoisotopic (exact) mass is 405 g/mol. The van der Waals surface area contributed by atoms with Crippen LogP contribution in [0.15, 0.2) is 45.4 Å². The number of benzene rings is 1. The maximum absolute atomic E-state index is 11.7. The van der Waals surface area contributed by atoms with E-state index in [9.17, 15) is 14.4 Å². The fourth-order valence-corrected chi connectivity index (χ4v) is 2.62. The molecule has 1 aromatic carbocycles. The van der Waals surface area contributed by atoms with E-state index in [1.165, 1.54) is 13.3 Å². The lowest BCUT2D eigenvalue weighted by molar-refractivity contribution is -0.149. The molecule has 1 amide bonds. The van der Waals surface area contributed by atoms with E-state index >= 15 is 0 Å². The highest BCUT2D eigenvalue weighted by atomic mass is 32.2. The van der Waals surface area contributed by atoms with E-state index in [1.54, 1.807) is 38.1 Å². The molecule has 10 heteroatoms. The quantitative estimate of drug-likeness (QED) is 0.317. The van der Waals surface area contributed by atoms with Gasteiger partial charge in [-0.2, -0.15) is 5.10 Å². The van der Waals surface area contributed by atoms with Crippen LogP contribution in [0.1, 0.15) is 19.4 Å². The van der Waals surface area contributed by atoms with Gasteiger partial charge in [0.15, 0.2) is 11.8 Å². The van der Waals surface area contributed by atoms with Crippen LogP contribution in [0.5, 0.6) is 5.75 Å². The van der Waals surface area contributed by atoms with Gasteiger partial charge in [-0.1, -0.05) is 0 Å². The average Bonchev–Trinajstić information content (AvgIpc) is 2.99. The predicted molar refractivity (Wildman–Crippen MR) is 104 cm³/mol. The molecule has 1 aliphatic rings. The van der Waals surface area contributed by atoms with E-state index in [0.29, 0.717) is 5.75 Å². The van der Waals surface area contributed by atoms with Crippen molar-refractivity contribution in [1.29, 1.82) is 0 Å². The first kappa shape index (κ1) is 21.2. The summed E-state index contributed by atoms with van der Waals surface area (Å²) in [6.45, 7) is 3.36. The molecule has 1 aliphatic heterocycles. The van der Waals surface area contributed by atoms with E-state index in [2.05, 4.69) is 20.3 Å². The maximum Gasteiger partial charge on any atom is 0.344 e. The van der Waals surface area contributed by atoms with Crippen molar-refractivity contribution in [3.63, 3.8) is 0 Å². The standard InChI is InChI=1S/C18H19N3O6S/c1-11(2)27-16(23)10-26-13-6-4-12(5-7-13)9-19-21-18-20-17(24)14(28-18)8-15(22)25-3/h4-9,11H,10H2,1-3H3,(H,20,21,24)/b14-8+,19-9?. The summed E-state index contributed by atoms with van der Waals surface area (Å²) in [5.41, 5.74) is 0.737. The number of amides is 1. The number of carbonyl (C=O) groups excluding carboxylic acids is 3. The molecule has 1 fully saturated rings. The molecular formula is C18H19N3O6S. The molecule has 0 aliphatic carbocycles. The van der Waals surface area contributed by atoms with Crippen molar-refractivity contribution >= 4 is 41.0 Å². The second-order valence-corrected chi connectivity index (χ2v) is 6.66. The van der Waals surface area contributed by atoms with Crippen LogP contribution in [0.4, 0.5) is 0 Å². The van der Waals surface area contributed by atoms with Crippen molar-refractivity contribution in [2.45, 2.75) is 20.0 Å². The maximum atomic E-state index is 11.7. The van der Waals surface area contributed by atoms with Gasteiger partial charge in [0.2, 0.25) is 0 Å². The summed E-state index contributed by atoms with van der Waals surface area (Å²) < 4.78 is 14.8. The number of nitrogens with zero attached hydrogens (tertiary/aromatic N) is 2. The lowest BCUT2D eigenvalue weighted by Crippen LogP contribution is -2.19. The van der Waals surface area contributed by atoms with Gasteiger partial charge in [-0.3, -0.25) is 10.1 Å². The lowest BCUT2D eigenvalue weighted by atomic mass is 10.2. The minimum absolute atomic E-state index is 0.169. The Morgan fingerprint density at radius 2 is 1.96 bits per heavy atom. The number of hydrogen-bond donors (Lipinski definition) is 1. The van der Waals surface area contributed by atoms with Gasteiger partial charge in [-0.25, -0.2) is 9.59 Å². The number of amidine groups is 1. The molecule has 0 aromatic heterocycles. The molecule has 9 nitrogen and oxygen atoms in total. The van der Waals surface area contributed by atoms with Gasteiger partial charge >= 0.3 is 11.9 Å². The highest BCUT2D eigenvalue weighted by Gasteiger charge is 2.24. The number of methoxy groups -OCH3 is 1. The minimum Gasteiger partial charge on any atom is -0.482 e. The van der Waals surface area contributed by atoms with Crippen molar-refractivity contribution < 1.29 is 28.6 Å². The number of thioether (sulfide) groups is 1. The normalized spacial score (nSPS) is 16.6. The Morgan fingerprint density at radius 3 is 2.61 bits per heavy atom. The van der Waals surface area contributed by atoms with Crippen LogP contribution in [0.2, 0.25) is 0 Å². The van der Waals surface area contributed by atoms with Crippen LogP contribution in [0, 0.1) is 0 Å². The summed E-state index contributed by atoms with van der Waals surface area (Å²) >= 11 is 0.985. The molecule has 0 saturated carbocycles. The summed E-state index contributed by atoms with van der Waals surface area (Å²) in [7, 11) is 1.23. The molecule has 148 valence electrons. The van der Waals surface area contributed by atoms with Crippen LogP contribution in [0.3, 0.4) is 0 Å². The second-order valence-electron chi connectivity index (χ2n) is 5.63. The Kier molecular flexibility index (Phi) is 7.76. The Labute approximate surface area is 165 Å². The third-order valence-corrected chi connectivity index (χ3v) is 3.96. The molecule has 1 N–H and O–H groups in total. The Hall–Kier alpha value is -3.14. The van der Waals surface area contributed by atoms with E-state index in [-0.39, 0.29) is 22.8 Å². The molecule has 0 spiro atoms. The molecule has 1 heterocycles. The number of ether oxygens (including phenoxy) is 3. The summed E-state index contributed by atoms with van der Waals surface area (Å²) in [4.78, 5) is 34.5. The first-order valence-electron chi connectivity index (χ1n) is 8.19. The van der Waals surface area contributed by atoms with Gasteiger partial charge in [0.1, 0.15) is 5.75 Å². The summed E-state index contributed by atoms with van der Waals surface area (Å²) in [6, 6.07) is 6.83. The number of hydrogen-bond acceptors (Lipinski definition) is 9. The molecule has 0 bridgehead atoms. The summed E-state index contributed by atoms with van der Waals surface area (Å²) in [5.74, 6) is -0.988. The largest absolute Gasteiger partial charge is 0.482 e. The molecule has 1 saturated heterocycles. The topological polar surface area (TPSA) is 116 Å². The third kappa shape index (κ3) is 6.88. The van der Waals surface area contributed by atoms with Crippen LogP contribution in [-0.4, -0.2) is 49.0 Å². The number of nitrogens with one attached hydrogen (secondary N) is 1. The van der Waals surface area contributed by atoms with E-state index in [4.69, 9.17) is 9.47 Å². The Balaban J connectivity index is 1.88. The number of esters is 2. The van der Waals surface area contributed by atoms with Gasteiger partial charge in [-0.15, -0.1) is 5.10 Å². The zero-order valence-corrected chi connectivity index (χ0v) is 16.3. The van der Waals surface area contributed by atoms with Crippen molar-refractivity contribution in [2.75, 3.05) is 13.7 Å². The first-order valence-corrected chi connectivity index (χ1v) is 9.01. The average molecular weight is 405 g/mol.